The summed E-state index contributed by atoms with van der Waals surface area (Å²) in [6.45, 7) is 3.42. The summed E-state index contributed by atoms with van der Waals surface area (Å²) >= 11 is 0. The van der Waals surface area contributed by atoms with E-state index in [1.807, 2.05) is 29.2 Å². The number of hydrogen-bond acceptors (Lipinski definition) is 7. The van der Waals surface area contributed by atoms with Gasteiger partial charge in [-0.2, -0.15) is 5.10 Å². The molecule has 35 heavy (non-hydrogen) atoms. The van der Waals surface area contributed by atoms with Gasteiger partial charge in [0.05, 0.1) is 37.0 Å². The number of carbonyl (C=O) groups excluding carboxylic acids is 1. The second-order valence-corrected chi connectivity index (χ2v) is 9.65. The van der Waals surface area contributed by atoms with E-state index in [-0.39, 0.29) is 18.2 Å². The molecule has 10 heteroatoms. The Kier molecular flexibility index (Phi) is 6.07. The van der Waals surface area contributed by atoms with E-state index in [2.05, 4.69) is 15.0 Å². The molecule has 2 atom stereocenters. The number of amides is 1. The third kappa shape index (κ3) is 4.72. The molecule has 10 nitrogen and oxygen atoms in total. The molecule has 0 spiro atoms. The zero-order valence-corrected chi connectivity index (χ0v) is 19.8. The normalized spacial score (nSPS) is 20.9. The molecule has 2 aromatic heterocycles. The van der Waals surface area contributed by atoms with Crippen LogP contribution in [0.2, 0.25) is 0 Å². The van der Waals surface area contributed by atoms with Crippen molar-refractivity contribution in [1.29, 1.82) is 0 Å². The zero-order valence-electron chi connectivity index (χ0n) is 19.8. The first-order valence-corrected chi connectivity index (χ1v) is 12.6. The number of carbonyl (C=O) groups is 1. The molecule has 2 fully saturated rings. The lowest BCUT2D eigenvalue weighted by Gasteiger charge is -2.22. The lowest BCUT2D eigenvalue weighted by molar-refractivity contribution is -0.163. The van der Waals surface area contributed by atoms with Crippen molar-refractivity contribution in [2.24, 2.45) is 11.7 Å². The lowest BCUT2D eigenvalue weighted by atomic mass is 10.1. The van der Waals surface area contributed by atoms with Gasteiger partial charge in [-0.3, -0.25) is 9.48 Å². The van der Waals surface area contributed by atoms with Gasteiger partial charge < -0.3 is 29.8 Å². The molecule has 3 aromatic rings. The van der Waals surface area contributed by atoms with Crippen molar-refractivity contribution in [3.05, 3.63) is 24.5 Å². The third-order valence-electron chi connectivity index (χ3n) is 6.97. The van der Waals surface area contributed by atoms with E-state index in [0.717, 1.165) is 85.5 Å². The number of nitrogens with one attached hydrogen (secondary N) is 1. The van der Waals surface area contributed by atoms with Crippen LogP contribution in [0.3, 0.4) is 0 Å². The first-order chi connectivity index (χ1) is 17.2. The van der Waals surface area contributed by atoms with Crippen molar-refractivity contribution in [2.45, 2.75) is 63.9 Å². The fourth-order valence-corrected chi connectivity index (χ4v) is 5.02. The van der Waals surface area contributed by atoms with Gasteiger partial charge in [-0.1, -0.05) is 0 Å². The average Bonchev–Trinajstić information content (AvgIpc) is 3.53. The van der Waals surface area contributed by atoms with Gasteiger partial charge in [-0.15, -0.1) is 0 Å². The van der Waals surface area contributed by atoms with E-state index in [0.29, 0.717) is 25.7 Å². The van der Waals surface area contributed by atoms with Crippen LogP contribution in [0.1, 0.15) is 38.5 Å². The second kappa shape index (κ2) is 9.50. The number of benzene rings is 1. The highest BCUT2D eigenvalue weighted by molar-refractivity contribution is 5.91. The number of hydrogen-bond donors (Lipinski definition) is 2. The highest BCUT2D eigenvalue weighted by Crippen LogP contribution is 2.38. The SMILES string of the molecule is NC(=O)[C@@H](Nc1cc2c3c(c1)nc(-c1cnn(CCOC4CCCCO4)c1)n3CCCO2)C1CC1. The number of nitrogens with zero attached hydrogens (tertiary/aromatic N) is 4. The summed E-state index contributed by atoms with van der Waals surface area (Å²) in [5, 5.41) is 7.87. The van der Waals surface area contributed by atoms with Gasteiger partial charge in [0.25, 0.3) is 0 Å². The van der Waals surface area contributed by atoms with E-state index in [1.54, 1.807) is 0 Å². The lowest BCUT2D eigenvalue weighted by Crippen LogP contribution is -2.37. The third-order valence-corrected chi connectivity index (χ3v) is 6.97. The molecule has 3 N–H and O–H groups in total. The van der Waals surface area contributed by atoms with Gasteiger partial charge in [0.15, 0.2) is 6.29 Å². The highest BCUT2D eigenvalue weighted by atomic mass is 16.7. The standard InChI is InChI=1S/C25H32N6O4/c26-24(32)22(16-5-6-16)28-18-12-19-23-20(13-18)33-10-3-7-31(23)25(29-19)17-14-27-30(15-17)8-11-35-21-4-1-2-9-34-21/h12-16,21-22,28H,1-11H2,(H2,26,32)/t21?,22-/m0/s1. The summed E-state index contributed by atoms with van der Waals surface area (Å²) in [5.41, 5.74) is 9.20. The number of primary amides is 1. The minimum absolute atomic E-state index is 0.0973. The number of rotatable bonds is 9. The molecule has 1 unspecified atom stereocenters. The first-order valence-electron chi connectivity index (χ1n) is 12.6. The maximum atomic E-state index is 12.0. The first kappa shape index (κ1) is 22.4. The summed E-state index contributed by atoms with van der Waals surface area (Å²) in [6.07, 6.45) is 9.90. The maximum absolute atomic E-state index is 12.0. The minimum Gasteiger partial charge on any atom is -0.491 e. The molecule has 6 rings (SSSR count). The van der Waals surface area contributed by atoms with E-state index in [1.165, 1.54) is 0 Å². The van der Waals surface area contributed by atoms with Crippen LogP contribution in [-0.2, 0) is 27.4 Å². The van der Waals surface area contributed by atoms with Crippen LogP contribution in [-0.4, -0.2) is 57.4 Å². The predicted octanol–water partition coefficient (Wildman–Crippen LogP) is 2.90. The largest absolute Gasteiger partial charge is 0.491 e. The number of ether oxygens (including phenoxy) is 3. The van der Waals surface area contributed by atoms with Crippen LogP contribution < -0.4 is 15.8 Å². The monoisotopic (exact) mass is 480 g/mol. The molecule has 1 saturated carbocycles. The van der Waals surface area contributed by atoms with Gasteiger partial charge in [0.1, 0.15) is 23.1 Å². The molecule has 1 aromatic carbocycles. The van der Waals surface area contributed by atoms with Crippen LogP contribution in [0.5, 0.6) is 5.75 Å². The van der Waals surface area contributed by atoms with Crippen LogP contribution in [0.15, 0.2) is 24.5 Å². The van der Waals surface area contributed by atoms with Crippen molar-refractivity contribution >= 4 is 22.6 Å². The summed E-state index contributed by atoms with van der Waals surface area (Å²) in [6, 6.07) is 3.57. The van der Waals surface area contributed by atoms with Gasteiger partial charge in [0.2, 0.25) is 5.91 Å². The highest BCUT2D eigenvalue weighted by Gasteiger charge is 2.35. The van der Waals surface area contributed by atoms with Crippen molar-refractivity contribution in [3.8, 4) is 17.1 Å². The van der Waals surface area contributed by atoms with Gasteiger partial charge in [-0.25, -0.2) is 4.98 Å². The minimum atomic E-state index is -0.369. The number of nitrogens with two attached hydrogens (primary N) is 1. The number of anilines is 1. The van der Waals surface area contributed by atoms with Crippen molar-refractivity contribution in [2.75, 3.05) is 25.1 Å². The Hall–Kier alpha value is -3.11. The van der Waals surface area contributed by atoms with E-state index >= 15 is 0 Å². The molecule has 0 radical (unpaired) electrons. The molecule has 186 valence electrons. The summed E-state index contributed by atoms with van der Waals surface area (Å²) < 4.78 is 21.7. The van der Waals surface area contributed by atoms with Crippen LogP contribution >= 0.6 is 0 Å². The van der Waals surface area contributed by atoms with E-state index < -0.39 is 0 Å². The van der Waals surface area contributed by atoms with Gasteiger partial charge in [-0.05, 0) is 50.5 Å². The molecule has 1 aliphatic carbocycles. The molecule has 2 aliphatic heterocycles. The predicted molar refractivity (Wildman–Crippen MR) is 130 cm³/mol. The molecular weight excluding hydrogens is 448 g/mol. The fourth-order valence-electron chi connectivity index (χ4n) is 5.02. The molecule has 3 aliphatic rings. The molecule has 1 saturated heterocycles. The Morgan fingerprint density at radius 3 is 2.94 bits per heavy atom. The topological polar surface area (TPSA) is 118 Å². The zero-order chi connectivity index (χ0) is 23.8. The van der Waals surface area contributed by atoms with Crippen LogP contribution in [0, 0.1) is 5.92 Å². The van der Waals surface area contributed by atoms with Gasteiger partial charge in [0, 0.05) is 31.1 Å². The Balaban J connectivity index is 1.24. The quantitative estimate of drug-likeness (QED) is 0.483. The van der Waals surface area contributed by atoms with Crippen molar-refractivity contribution < 1.29 is 19.0 Å². The average molecular weight is 481 g/mol. The Bertz CT molecular complexity index is 1210. The molecule has 0 bridgehead atoms. The fraction of sp³-hybridized carbons (Fsp3) is 0.560. The smallest absolute Gasteiger partial charge is 0.240 e. The summed E-state index contributed by atoms with van der Waals surface area (Å²) in [4.78, 5) is 16.9. The molecular formula is C25H32N6O4. The summed E-state index contributed by atoms with van der Waals surface area (Å²) in [7, 11) is 0. The Morgan fingerprint density at radius 2 is 2.14 bits per heavy atom. The van der Waals surface area contributed by atoms with Crippen LogP contribution in [0.4, 0.5) is 5.69 Å². The van der Waals surface area contributed by atoms with Crippen molar-refractivity contribution in [1.82, 2.24) is 19.3 Å². The maximum Gasteiger partial charge on any atom is 0.240 e. The molecule has 4 heterocycles. The van der Waals surface area contributed by atoms with E-state index in [4.69, 9.17) is 24.9 Å². The van der Waals surface area contributed by atoms with Gasteiger partial charge >= 0.3 is 0 Å². The summed E-state index contributed by atoms with van der Waals surface area (Å²) in [5.74, 6) is 1.61. The second-order valence-electron chi connectivity index (χ2n) is 9.65. The van der Waals surface area contributed by atoms with Crippen LogP contribution in [0.25, 0.3) is 22.4 Å². The Morgan fingerprint density at radius 1 is 1.23 bits per heavy atom. The van der Waals surface area contributed by atoms with E-state index in [9.17, 15) is 4.79 Å². The van der Waals surface area contributed by atoms with Crippen molar-refractivity contribution in [3.63, 3.8) is 0 Å². The number of imidazole rings is 1. The number of aryl methyl sites for hydroxylation is 1. The Labute approximate surface area is 203 Å². The number of aromatic nitrogens is 4. The molecule has 1 amide bonds.